The maximum Gasteiger partial charge on any atom is 0.338 e. The van der Waals surface area contributed by atoms with Crippen molar-refractivity contribution in [1.82, 2.24) is 9.13 Å². The minimum atomic E-state index is -0.602. The van der Waals surface area contributed by atoms with Crippen molar-refractivity contribution < 1.29 is 9.53 Å². The van der Waals surface area contributed by atoms with Crippen LogP contribution in [-0.4, -0.2) is 36.3 Å². The van der Waals surface area contributed by atoms with Crippen molar-refractivity contribution in [2.45, 2.75) is 33.2 Å². The fraction of sp³-hybridized carbons (Fsp3) is 0.258. The van der Waals surface area contributed by atoms with Gasteiger partial charge in [0.15, 0.2) is 4.80 Å². The second kappa shape index (κ2) is 10.5. The summed E-state index contributed by atoms with van der Waals surface area (Å²) in [7, 11) is 5.41. The van der Waals surface area contributed by atoms with Crippen LogP contribution in [0.25, 0.3) is 11.8 Å². The maximum absolute atomic E-state index is 13.9. The number of hydrogen-bond donors (Lipinski definition) is 0. The molecule has 200 valence electrons. The highest BCUT2D eigenvalue weighted by Crippen LogP contribution is 2.31. The van der Waals surface area contributed by atoms with E-state index >= 15 is 0 Å². The molecule has 2 aromatic heterocycles. The Morgan fingerprint density at radius 3 is 2.41 bits per heavy atom. The van der Waals surface area contributed by atoms with E-state index < -0.39 is 12.0 Å². The molecule has 0 saturated heterocycles. The molecule has 4 aromatic rings. The maximum atomic E-state index is 13.9. The summed E-state index contributed by atoms with van der Waals surface area (Å²) in [5.41, 5.74) is 6.99. The van der Waals surface area contributed by atoms with E-state index in [0.29, 0.717) is 27.0 Å². The summed E-state index contributed by atoms with van der Waals surface area (Å²) in [6.45, 7) is 6.09. The van der Waals surface area contributed by atoms with Crippen LogP contribution in [0, 0.1) is 13.8 Å². The first kappa shape index (κ1) is 26.4. The second-order valence-corrected chi connectivity index (χ2v) is 10.8. The first-order valence-corrected chi connectivity index (χ1v) is 13.7. The Bertz CT molecular complexity index is 1760. The second-order valence-electron chi connectivity index (χ2n) is 9.77. The van der Waals surface area contributed by atoms with Crippen molar-refractivity contribution >= 4 is 29.1 Å². The van der Waals surface area contributed by atoms with Crippen LogP contribution in [0.15, 0.2) is 81.7 Å². The normalized spacial score (nSPS) is 15.2. The van der Waals surface area contributed by atoms with Gasteiger partial charge >= 0.3 is 5.97 Å². The van der Waals surface area contributed by atoms with Crippen LogP contribution in [0.4, 0.5) is 5.69 Å². The average molecular weight is 541 g/mol. The molecule has 0 amide bonds. The molecule has 1 aliphatic rings. The van der Waals surface area contributed by atoms with Gasteiger partial charge in [0.2, 0.25) is 0 Å². The molecule has 0 aliphatic carbocycles. The van der Waals surface area contributed by atoms with Crippen molar-refractivity contribution in [2.24, 2.45) is 4.99 Å². The lowest BCUT2D eigenvalue weighted by Crippen LogP contribution is -2.40. The summed E-state index contributed by atoms with van der Waals surface area (Å²) in [6, 6.07) is 19.5. The highest BCUT2D eigenvalue weighted by molar-refractivity contribution is 7.07. The van der Waals surface area contributed by atoms with Gasteiger partial charge in [-0.25, -0.2) is 9.79 Å². The number of aromatic nitrogens is 2. The number of esters is 1. The van der Waals surface area contributed by atoms with Gasteiger partial charge in [-0.1, -0.05) is 48.6 Å². The Kier molecular flexibility index (Phi) is 7.14. The quantitative estimate of drug-likeness (QED) is 0.343. The van der Waals surface area contributed by atoms with Crippen molar-refractivity contribution in [3.05, 3.63) is 114 Å². The number of aryl methyl sites for hydroxylation is 1. The molecule has 0 saturated carbocycles. The lowest BCUT2D eigenvalue weighted by atomic mass is 9.95. The molecule has 3 heterocycles. The zero-order valence-corrected chi connectivity index (χ0v) is 23.9. The number of carbonyl (C=O) groups excluding carboxylic acids is 1. The highest BCUT2D eigenvalue weighted by Gasteiger charge is 2.33. The van der Waals surface area contributed by atoms with Gasteiger partial charge in [-0.2, -0.15) is 0 Å². The number of methoxy groups -OCH3 is 1. The molecule has 1 atom stereocenters. The molecule has 8 heteroatoms. The lowest BCUT2D eigenvalue weighted by molar-refractivity contribution is -0.136. The van der Waals surface area contributed by atoms with E-state index in [-0.39, 0.29) is 5.56 Å². The number of allylic oxidation sites excluding steroid dienone is 1. The summed E-state index contributed by atoms with van der Waals surface area (Å²) >= 11 is 1.35. The number of thiazole rings is 1. The molecule has 7 nitrogen and oxygen atoms in total. The van der Waals surface area contributed by atoms with Crippen molar-refractivity contribution in [3.63, 3.8) is 0 Å². The van der Waals surface area contributed by atoms with Crippen LogP contribution < -0.4 is 19.8 Å². The number of ether oxygens (including phenoxy) is 1. The fourth-order valence-corrected chi connectivity index (χ4v) is 6.20. The summed E-state index contributed by atoms with van der Waals surface area (Å²) in [6.07, 6.45) is 2.49. The predicted molar refractivity (Wildman–Crippen MR) is 156 cm³/mol. The zero-order valence-electron chi connectivity index (χ0n) is 23.1. The Balaban J connectivity index is 1.67. The topological polar surface area (TPSA) is 68.8 Å². The number of nitrogens with zero attached hydrogens (tertiary/aromatic N) is 4. The summed E-state index contributed by atoms with van der Waals surface area (Å²) < 4.78 is 9.54. The van der Waals surface area contributed by atoms with E-state index in [9.17, 15) is 9.59 Å². The van der Waals surface area contributed by atoms with Gasteiger partial charge in [-0.3, -0.25) is 9.36 Å². The molecular formula is C31H32N4O3S. The smallest absolute Gasteiger partial charge is 0.338 e. The third-order valence-corrected chi connectivity index (χ3v) is 8.13. The lowest BCUT2D eigenvalue weighted by Gasteiger charge is -2.25. The molecule has 0 spiro atoms. The summed E-state index contributed by atoms with van der Waals surface area (Å²) in [5.74, 6) is -0.470. The number of rotatable bonds is 6. The Morgan fingerprint density at radius 2 is 1.79 bits per heavy atom. The fourth-order valence-electron chi connectivity index (χ4n) is 5.19. The van der Waals surface area contributed by atoms with Gasteiger partial charge in [0.05, 0.1) is 29.0 Å². The van der Waals surface area contributed by atoms with Crippen LogP contribution in [-0.2, 0) is 9.53 Å². The summed E-state index contributed by atoms with van der Waals surface area (Å²) in [5, 5.41) is 0. The van der Waals surface area contributed by atoms with E-state index in [4.69, 9.17) is 9.73 Å². The van der Waals surface area contributed by atoms with Gasteiger partial charge in [-0.05, 0) is 67.8 Å². The molecule has 2 aromatic carbocycles. The minimum Gasteiger partial charge on any atom is -0.466 e. The third-order valence-electron chi connectivity index (χ3n) is 7.15. The molecule has 1 aliphatic heterocycles. The van der Waals surface area contributed by atoms with Crippen molar-refractivity contribution in [1.29, 1.82) is 0 Å². The SMILES string of the molecule is CCC1=C(C(=O)OC)[C@@H](c2ccccc2)n2c(s/c(=C\c3cc(C)n(-c4ccc(N(C)C)cc4)c3C)c2=O)=N1. The minimum absolute atomic E-state index is 0.177. The number of fused-ring (bicyclic) bond motifs is 1. The van der Waals surface area contributed by atoms with Gasteiger partial charge < -0.3 is 14.2 Å². The molecule has 5 rings (SSSR count). The largest absolute Gasteiger partial charge is 0.466 e. The van der Waals surface area contributed by atoms with Gasteiger partial charge in [-0.15, -0.1) is 0 Å². The van der Waals surface area contributed by atoms with Crippen molar-refractivity contribution in [2.75, 3.05) is 26.1 Å². The highest BCUT2D eigenvalue weighted by atomic mass is 32.1. The molecule has 0 unspecified atom stereocenters. The Labute approximate surface area is 231 Å². The monoisotopic (exact) mass is 540 g/mol. The number of benzene rings is 2. The van der Waals surface area contributed by atoms with E-state index in [1.54, 1.807) is 4.57 Å². The molecule has 0 radical (unpaired) electrons. The van der Waals surface area contributed by atoms with E-state index in [2.05, 4.69) is 53.6 Å². The van der Waals surface area contributed by atoms with Crippen LogP contribution >= 0.6 is 11.3 Å². The third kappa shape index (κ3) is 4.65. The molecular weight excluding hydrogens is 508 g/mol. The van der Waals surface area contributed by atoms with Crippen LogP contribution in [0.5, 0.6) is 0 Å². The molecule has 0 bridgehead atoms. The first-order chi connectivity index (χ1) is 18.7. The Hall–Kier alpha value is -4.17. The number of hydrogen-bond acceptors (Lipinski definition) is 6. The van der Waals surface area contributed by atoms with E-state index in [0.717, 1.165) is 33.9 Å². The standard InChI is InChI=1S/C31H32N4O3S/c1-7-25-27(30(37)38-6)28(21-11-9-8-10-12-21)35-29(36)26(39-31(35)32-25)18-22-17-19(2)34(20(22)3)24-15-13-23(14-16-24)33(4)5/h8-18,28H,7H2,1-6H3/b26-18-/t28-/m1/s1. The zero-order chi connectivity index (χ0) is 27.8. The van der Waals surface area contributed by atoms with E-state index in [1.807, 2.05) is 57.4 Å². The summed E-state index contributed by atoms with van der Waals surface area (Å²) in [4.78, 5) is 34.3. The Morgan fingerprint density at radius 1 is 1.10 bits per heavy atom. The van der Waals surface area contributed by atoms with Gasteiger partial charge in [0.25, 0.3) is 5.56 Å². The van der Waals surface area contributed by atoms with Crippen LogP contribution in [0.1, 0.15) is 41.9 Å². The molecule has 39 heavy (non-hydrogen) atoms. The van der Waals surface area contributed by atoms with Gasteiger partial charge in [0, 0.05) is 36.9 Å². The number of carbonyl (C=O) groups is 1. The van der Waals surface area contributed by atoms with Crippen molar-refractivity contribution in [3.8, 4) is 5.69 Å². The van der Waals surface area contributed by atoms with Crippen LogP contribution in [0.2, 0.25) is 0 Å². The molecule has 0 fully saturated rings. The predicted octanol–water partition coefficient (Wildman–Crippen LogP) is 4.27. The molecule has 0 N–H and O–H groups in total. The van der Waals surface area contributed by atoms with E-state index in [1.165, 1.54) is 18.4 Å². The van der Waals surface area contributed by atoms with Crippen LogP contribution in [0.3, 0.4) is 0 Å². The average Bonchev–Trinajstić information content (AvgIpc) is 3.41. The first-order valence-electron chi connectivity index (χ1n) is 12.9. The van der Waals surface area contributed by atoms with Gasteiger partial charge in [0.1, 0.15) is 0 Å². The number of anilines is 1.